The van der Waals surface area contributed by atoms with Gasteiger partial charge in [-0.25, -0.2) is 0 Å². The van der Waals surface area contributed by atoms with Crippen molar-refractivity contribution < 1.29 is 14.3 Å². The van der Waals surface area contributed by atoms with E-state index in [1.54, 1.807) is 7.11 Å². The number of carbonyl (C=O) groups is 2. The molecule has 2 saturated carbocycles. The zero-order valence-corrected chi connectivity index (χ0v) is 15.0. The molecule has 3 aliphatic rings. The molecule has 1 N–H and O–H groups in total. The van der Waals surface area contributed by atoms with Crippen molar-refractivity contribution >= 4 is 11.8 Å². The fraction of sp³-hybridized carbons (Fsp3) is 0.895. The molecule has 1 atom stereocenters. The number of likely N-dealkylation sites (tertiary alicyclic amines) is 1. The second kappa shape index (κ2) is 7.85. The van der Waals surface area contributed by atoms with Gasteiger partial charge >= 0.3 is 0 Å². The predicted octanol–water partition coefficient (Wildman–Crippen LogP) is 2.35. The molecular formula is C19H32N2O3. The average molecular weight is 336 g/mol. The Morgan fingerprint density at radius 2 is 1.83 bits per heavy atom. The van der Waals surface area contributed by atoms with Crippen LogP contribution in [0.15, 0.2) is 0 Å². The smallest absolute Gasteiger partial charge is 0.225 e. The molecule has 0 aromatic rings. The van der Waals surface area contributed by atoms with Crippen LogP contribution in [0.25, 0.3) is 0 Å². The monoisotopic (exact) mass is 336 g/mol. The van der Waals surface area contributed by atoms with Gasteiger partial charge in [0.05, 0.1) is 12.5 Å². The van der Waals surface area contributed by atoms with E-state index >= 15 is 0 Å². The van der Waals surface area contributed by atoms with Gasteiger partial charge in [-0.15, -0.1) is 0 Å². The van der Waals surface area contributed by atoms with Gasteiger partial charge in [0.15, 0.2) is 0 Å². The first-order valence-corrected chi connectivity index (χ1v) is 9.72. The number of rotatable bonds is 5. The summed E-state index contributed by atoms with van der Waals surface area (Å²) in [6.07, 6.45) is 10.2. The SMILES string of the molecule is COCCNC(=O)C1CN(C(=O)C2CCCCC2)CC12CCCC2. The van der Waals surface area contributed by atoms with Gasteiger partial charge in [0.25, 0.3) is 0 Å². The first-order chi connectivity index (χ1) is 11.7. The predicted molar refractivity (Wildman–Crippen MR) is 92.4 cm³/mol. The minimum Gasteiger partial charge on any atom is -0.383 e. The molecule has 24 heavy (non-hydrogen) atoms. The number of nitrogens with zero attached hydrogens (tertiary/aromatic N) is 1. The second-order valence-electron chi connectivity index (χ2n) is 7.96. The highest BCUT2D eigenvalue weighted by Gasteiger charge is 2.52. The molecule has 0 bridgehead atoms. The lowest BCUT2D eigenvalue weighted by molar-refractivity contribution is -0.136. The van der Waals surface area contributed by atoms with E-state index in [9.17, 15) is 9.59 Å². The summed E-state index contributed by atoms with van der Waals surface area (Å²) in [4.78, 5) is 27.7. The van der Waals surface area contributed by atoms with Crippen molar-refractivity contribution in [3.05, 3.63) is 0 Å². The van der Waals surface area contributed by atoms with Crippen LogP contribution in [-0.4, -0.2) is 50.1 Å². The van der Waals surface area contributed by atoms with Gasteiger partial charge in [0, 0.05) is 38.1 Å². The number of nitrogens with one attached hydrogen (secondary N) is 1. The van der Waals surface area contributed by atoms with E-state index in [-0.39, 0.29) is 23.2 Å². The summed E-state index contributed by atoms with van der Waals surface area (Å²) in [7, 11) is 1.64. The van der Waals surface area contributed by atoms with Gasteiger partial charge in [0.1, 0.15) is 0 Å². The van der Waals surface area contributed by atoms with Crippen LogP contribution in [0.4, 0.5) is 0 Å². The molecule has 0 aromatic heterocycles. The van der Waals surface area contributed by atoms with Crippen LogP contribution < -0.4 is 5.32 Å². The van der Waals surface area contributed by atoms with Gasteiger partial charge in [-0.05, 0) is 25.7 Å². The molecule has 1 unspecified atom stereocenters. The Morgan fingerprint density at radius 3 is 2.50 bits per heavy atom. The second-order valence-corrected chi connectivity index (χ2v) is 7.96. The van der Waals surface area contributed by atoms with Crippen molar-refractivity contribution in [3.63, 3.8) is 0 Å². The lowest BCUT2D eigenvalue weighted by Crippen LogP contribution is -2.41. The van der Waals surface area contributed by atoms with Gasteiger partial charge in [-0.2, -0.15) is 0 Å². The lowest BCUT2D eigenvalue weighted by atomic mass is 9.76. The normalized spacial score (nSPS) is 26.9. The average Bonchev–Trinajstić information content (AvgIpc) is 3.23. The molecule has 2 amide bonds. The van der Waals surface area contributed by atoms with Crippen LogP contribution in [0.3, 0.4) is 0 Å². The third kappa shape index (κ3) is 3.61. The van der Waals surface area contributed by atoms with E-state index in [0.717, 1.165) is 32.2 Å². The van der Waals surface area contributed by atoms with Crippen LogP contribution in [0.1, 0.15) is 57.8 Å². The van der Waals surface area contributed by atoms with Gasteiger partial charge < -0.3 is 15.0 Å². The topological polar surface area (TPSA) is 58.6 Å². The first-order valence-electron chi connectivity index (χ1n) is 9.72. The van der Waals surface area contributed by atoms with Crippen molar-refractivity contribution in [2.24, 2.45) is 17.3 Å². The Labute approximate surface area is 145 Å². The molecule has 1 spiro atoms. The van der Waals surface area contributed by atoms with Gasteiger partial charge in [0.2, 0.25) is 11.8 Å². The molecule has 3 rings (SSSR count). The van der Waals surface area contributed by atoms with Gasteiger partial charge in [-0.3, -0.25) is 9.59 Å². The van der Waals surface area contributed by atoms with Gasteiger partial charge in [-0.1, -0.05) is 32.1 Å². The van der Waals surface area contributed by atoms with Crippen LogP contribution >= 0.6 is 0 Å². The van der Waals surface area contributed by atoms with E-state index < -0.39 is 0 Å². The lowest BCUT2D eigenvalue weighted by Gasteiger charge is -2.29. The molecule has 1 aliphatic heterocycles. The molecule has 0 radical (unpaired) electrons. The standard InChI is InChI=1S/C19H32N2O3/c1-24-12-11-20-17(22)16-13-21(14-19(16)9-5-6-10-19)18(23)15-7-3-2-4-8-15/h15-16H,2-14H2,1H3,(H,20,22). The fourth-order valence-corrected chi connectivity index (χ4v) is 5.09. The highest BCUT2D eigenvalue weighted by atomic mass is 16.5. The zero-order valence-electron chi connectivity index (χ0n) is 15.0. The zero-order chi connectivity index (χ0) is 17.0. The molecule has 5 heteroatoms. The van der Waals surface area contributed by atoms with Crippen LogP contribution in [0.5, 0.6) is 0 Å². The molecule has 136 valence electrons. The highest BCUT2D eigenvalue weighted by Crippen LogP contribution is 2.49. The summed E-state index contributed by atoms with van der Waals surface area (Å²) in [6.45, 7) is 2.51. The maximum absolute atomic E-state index is 12.9. The summed E-state index contributed by atoms with van der Waals surface area (Å²) < 4.78 is 5.03. The first kappa shape index (κ1) is 17.7. The molecular weight excluding hydrogens is 304 g/mol. The minimum absolute atomic E-state index is 0.0292. The molecule has 1 heterocycles. The number of hydrogen-bond donors (Lipinski definition) is 1. The maximum atomic E-state index is 12.9. The summed E-state index contributed by atoms with van der Waals surface area (Å²) in [5.41, 5.74) is 0.0292. The molecule has 3 fully saturated rings. The summed E-state index contributed by atoms with van der Waals surface area (Å²) in [5.74, 6) is 0.595. The highest BCUT2D eigenvalue weighted by molar-refractivity contribution is 5.84. The Morgan fingerprint density at radius 1 is 1.12 bits per heavy atom. The van der Waals surface area contributed by atoms with Crippen LogP contribution in [-0.2, 0) is 14.3 Å². The van der Waals surface area contributed by atoms with E-state index in [1.165, 1.54) is 32.1 Å². The quantitative estimate of drug-likeness (QED) is 0.784. The summed E-state index contributed by atoms with van der Waals surface area (Å²) >= 11 is 0. The van der Waals surface area contributed by atoms with Crippen molar-refractivity contribution in [1.82, 2.24) is 10.2 Å². The van der Waals surface area contributed by atoms with E-state index in [4.69, 9.17) is 4.74 Å². The third-order valence-electron chi connectivity index (χ3n) is 6.44. The number of hydrogen-bond acceptors (Lipinski definition) is 3. The van der Waals surface area contributed by atoms with E-state index in [2.05, 4.69) is 5.32 Å². The largest absolute Gasteiger partial charge is 0.383 e. The molecule has 2 aliphatic carbocycles. The Bertz CT molecular complexity index is 454. The number of methoxy groups -OCH3 is 1. The van der Waals surface area contributed by atoms with Crippen molar-refractivity contribution in [1.29, 1.82) is 0 Å². The minimum atomic E-state index is -0.0376. The Hall–Kier alpha value is -1.10. The summed E-state index contributed by atoms with van der Waals surface area (Å²) in [5, 5.41) is 3.01. The Kier molecular flexibility index (Phi) is 5.80. The fourth-order valence-electron chi connectivity index (χ4n) is 5.09. The van der Waals surface area contributed by atoms with E-state index in [0.29, 0.717) is 25.6 Å². The third-order valence-corrected chi connectivity index (χ3v) is 6.44. The number of ether oxygens (including phenoxy) is 1. The summed E-state index contributed by atoms with van der Waals surface area (Å²) in [6, 6.07) is 0. The Balaban J connectivity index is 1.66. The van der Waals surface area contributed by atoms with Crippen molar-refractivity contribution in [2.75, 3.05) is 33.4 Å². The van der Waals surface area contributed by atoms with E-state index in [1.807, 2.05) is 4.90 Å². The molecule has 1 saturated heterocycles. The van der Waals surface area contributed by atoms with Crippen molar-refractivity contribution in [3.8, 4) is 0 Å². The van der Waals surface area contributed by atoms with Crippen LogP contribution in [0.2, 0.25) is 0 Å². The van der Waals surface area contributed by atoms with Crippen molar-refractivity contribution in [2.45, 2.75) is 57.8 Å². The number of amides is 2. The maximum Gasteiger partial charge on any atom is 0.225 e. The number of carbonyl (C=O) groups excluding carboxylic acids is 2. The van der Waals surface area contributed by atoms with Crippen LogP contribution in [0, 0.1) is 17.3 Å². The molecule has 5 nitrogen and oxygen atoms in total. The molecule has 0 aromatic carbocycles.